The predicted octanol–water partition coefficient (Wildman–Crippen LogP) is 6.04. The van der Waals surface area contributed by atoms with Gasteiger partial charge < -0.3 is 20.2 Å². The number of imide groups is 1. The topological polar surface area (TPSA) is 143 Å². The second kappa shape index (κ2) is 16.0. The Kier molecular flexibility index (Phi) is 12.7. The maximum absolute atomic E-state index is 13.7. The van der Waals surface area contributed by atoms with Gasteiger partial charge in [-0.25, -0.2) is 14.5 Å². The molecule has 12 heteroatoms. The highest BCUT2D eigenvalue weighted by atomic mass is 35.5. The van der Waals surface area contributed by atoms with E-state index in [9.17, 15) is 24.0 Å². The van der Waals surface area contributed by atoms with Gasteiger partial charge in [0, 0.05) is 5.71 Å². The molecule has 0 bridgehead atoms. The molecule has 242 valence electrons. The summed E-state index contributed by atoms with van der Waals surface area (Å²) < 4.78 is 10.6. The second-order valence-electron chi connectivity index (χ2n) is 12.0. The molecule has 44 heavy (non-hydrogen) atoms. The van der Waals surface area contributed by atoms with Gasteiger partial charge in [0.25, 0.3) is 11.8 Å². The smallest absolute Gasteiger partial charge is 0.418 e. The number of amides is 3. The minimum absolute atomic E-state index is 0.0186. The number of Topliss-reactive ketones (excluding diaryl/α,β-unsaturated/α-hetero) is 1. The number of carbonyl (C=O) groups excluding carboxylic acids is 5. The van der Waals surface area contributed by atoms with Crippen molar-refractivity contribution in [1.29, 1.82) is 0 Å². The van der Waals surface area contributed by atoms with E-state index in [1.54, 1.807) is 13.8 Å². The van der Waals surface area contributed by atoms with E-state index < -0.39 is 53.3 Å². The largest absolute Gasteiger partial charge is 0.462 e. The minimum atomic E-state index is -1.86. The van der Waals surface area contributed by atoms with Crippen LogP contribution in [-0.2, 0) is 23.9 Å². The first-order valence-electron chi connectivity index (χ1n) is 15.6. The molecule has 2 aliphatic rings. The van der Waals surface area contributed by atoms with Crippen molar-refractivity contribution in [2.45, 2.75) is 117 Å². The number of ketones is 1. The fourth-order valence-electron chi connectivity index (χ4n) is 5.40. The molecule has 2 aliphatic heterocycles. The first-order valence-corrected chi connectivity index (χ1v) is 15.9. The van der Waals surface area contributed by atoms with Gasteiger partial charge in [-0.05, 0) is 52.3 Å². The van der Waals surface area contributed by atoms with Crippen LogP contribution in [0.25, 0.3) is 0 Å². The Morgan fingerprint density at radius 3 is 2.23 bits per heavy atom. The van der Waals surface area contributed by atoms with Gasteiger partial charge in [-0.2, -0.15) is 5.10 Å². The molecule has 3 rings (SSSR count). The number of cyclic esters (lactones) is 1. The van der Waals surface area contributed by atoms with Gasteiger partial charge in [-0.3, -0.25) is 14.4 Å². The van der Waals surface area contributed by atoms with Crippen molar-refractivity contribution in [2.75, 3.05) is 11.9 Å². The van der Waals surface area contributed by atoms with Gasteiger partial charge in [-0.1, -0.05) is 76.3 Å². The van der Waals surface area contributed by atoms with E-state index in [2.05, 4.69) is 22.8 Å². The number of halogens is 1. The van der Waals surface area contributed by atoms with Crippen molar-refractivity contribution in [1.82, 2.24) is 10.3 Å². The molecule has 2 heterocycles. The van der Waals surface area contributed by atoms with E-state index in [0.29, 0.717) is 10.6 Å². The van der Waals surface area contributed by atoms with Crippen LogP contribution in [0.4, 0.5) is 10.5 Å². The van der Waals surface area contributed by atoms with Crippen molar-refractivity contribution in [3.8, 4) is 0 Å². The van der Waals surface area contributed by atoms with E-state index in [1.165, 1.54) is 77.0 Å². The van der Waals surface area contributed by atoms with E-state index in [0.717, 1.165) is 19.3 Å². The first kappa shape index (κ1) is 35.0. The number of rotatable bonds is 17. The number of hydrogen-bond acceptors (Lipinski definition) is 9. The summed E-state index contributed by atoms with van der Waals surface area (Å²) in [7, 11) is 0. The highest BCUT2D eigenvalue weighted by Crippen LogP contribution is 2.30. The Hall–Kier alpha value is -3.47. The molecule has 3 amide bonds. The zero-order valence-corrected chi connectivity index (χ0v) is 27.1. The molecule has 3 unspecified atom stereocenters. The second-order valence-corrected chi connectivity index (χ2v) is 12.4. The summed E-state index contributed by atoms with van der Waals surface area (Å²) in [5.74, 6) is -3.99. The normalized spacial score (nSPS) is 19.7. The maximum Gasteiger partial charge on any atom is 0.418 e. The van der Waals surface area contributed by atoms with Crippen LogP contribution in [0.3, 0.4) is 0 Å². The Labute approximate surface area is 264 Å². The number of nitrogens with one attached hydrogen (secondary N) is 2. The lowest BCUT2D eigenvalue weighted by molar-refractivity contribution is -0.143. The summed E-state index contributed by atoms with van der Waals surface area (Å²) in [5.41, 5.74) is 1.80. The molecular weight excluding hydrogens is 588 g/mol. The fraction of sp³-hybridized carbons (Fsp3) is 0.625. The molecule has 0 radical (unpaired) electrons. The van der Waals surface area contributed by atoms with Gasteiger partial charge >= 0.3 is 12.1 Å². The third-order valence-electron chi connectivity index (χ3n) is 7.94. The van der Waals surface area contributed by atoms with Crippen LogP contribution in [0.2, 0.25) is 5.02 Å². The average molecular weight is 633 g/mol. The number of benzene rings is 1. The van der Waals surface area contributed by atoms with Crippen molar-refractivity contribution in [2.24, 2.45) is 11.0 Å². The fourth-order valence-corrected chi connectivity index (χ4v) is 5.56. The summed E-state index contributed by atoms with van der Waals surface area (Å²) >= 11 is 6.33. The van der Waals surface area contributed by atoms with E-state index in [4.69, 9.17) is 21.1 Å². The van der Waals surface area contributed by atoms with Crippen molar-refractivity contribution < 1.29 is 33.4 Å². The number of esters is 1. The lowest BCUT2D eigenvalue weighted by Gasteiger charge is -2.26. The first-order chi connectivity index (χ1) is 20.9. The molecule has 0 spiro atoms. The maximum atomic E-state index is 13.7. The summed E-state index contributed by atoms with van der Waals surface area (Å²) in [5, 5.41) is 6.69. The summed E-state index contributed by atoms with van der Waals surface area (Å²) in [4.78, 5) is 66.5. The lowest BCUT2D eigenvalue weighted by atomic mass is 9.88. The van der Waals surface area contributed by atoms with E-state index in [1.807, 2.05) is 0 Å². The molecule has 2 N–H and O–H groups in total. The van der Waals surface area contributed by atoms with E-state index >= 15 is 0 Å². The van der Waals surface area contributed by atoms with Crippen LogP contribution in [0.5, 0.6) is 0 Å². The van der Waals surface area contributed by atoms with Crippen LogP contribution in [-0.4, -0.2) is 64.6 Å². The van der Waals surface area contributed by atoms with Crippen molar-refractivity contribution in [3.63, 3.8) is 0 Å². The zero-order valence-electron chi connectivity index (χ0n) is 26.4. The molecular formula is C32H45ClN4O7. The van der Waals surface area contributed by atoms with Gasteiger partial charge in [0.1, 0.15) is 0 Å². The molecule has 11 nitrogen and oxygen atoms in total. The number of nitrogens with zero attached hydrogens (tertiary/aromatic N) is 2. The summed E-state index contributed by atoms with van der Waals surface area (Å²) in [6.45, 7) is 8.54. The van der Waals surface area contributed by atoms with E-state index in [-0.39, 0.29) is 22.9 Å². The number of ether oxygens (including phenoxy) is 2. The third-order valence-corrected chi connectivity index (χ3v) is 8.27. The molecule has 1 aromatic carbocycles. The monoisotopic (exact) mass is 632 g/mol. The van der Waals surface area contributed by atoms with Gasteiger partial charge in [0.15, 0.2) is 17.4 Å². The molecule has 1 aromatic rings. The number of hydrazone groups is 1. The quantitative estimate of drug-likeness (QED) is 0.120. The number of unbranched alkanes of at least 4 members (excludes halogenated alkanes) is 9. The van der Waals surface area contributed by atoms with Gasteiger partial charge in [0.05, 0.1) is 34.8 Å². The van der Waals surface area contributed by atoms with Crippen LogP contribution in [0.15, 0.2) is 23.3 Å². The number of hydrogen-bond donors (Lipinski definition) is 2. The predicted molar refractivity (Wildman–Crippen MR) is 168 cm³/mol. The molecule has 1 fully saturated rings. The molecule has 0 saturated carbocycles. The van der Waals surface area contributed by atoms with Crippen LogP contribution >= 0.6 is 11.6 Å². The van der Waals surface area contributed by atoms with Crippen LogP contribution in [0, 0.1) is 5.92 Å². The highest BCUT2D eigenvalue weighted by Gasteiger charge is 2.55. The Bertz CT molecular complexity index is 1260. The van der Waals surface area contributed by atoms with Crippen LogP contribution < -0.4 is 10.7 Å². The Balaban J connectivity index is 1.64. The van der Waals surface area contributed by atoms with Gasteiger partial charge in [0.2, 0.25) is 0 Å². The lowest BCUT2D eigenvalue weighted by Crippen LogP contribution is -2.56. The summed E-state index contributed by atoms with van der Waals surface area (Å²) in [6.07, 6.45) is 10.5. The van der Waals surface area contributed by atoms with Crippen LogP contribution in [0.1, 0.15) is 109 Å². The average Bonchev–Trinajstić information content (AvgIpc) is 3.41. The molecule has 3 atom stereocenters. The molecule has 0 aliphatic carbocycles. The number of anilines is 1. The molecule has 0 aromatic heterocycles. The number of carbonyl (C=O) groups is 5. The van der Waals surface area contributed by atoms with Crippen molar-refractivity contribution in [3.05, 3.63) is 28.8 Å². The molecule has 1 saturated heterocycles. The standard InChI is InChI=1S/C32H45ClN4O7/c1-6-7-8-9-10-11-12-13-14-15-18-43-29(40)22-16-17-23(33)24(19-22)34-28(39)26(27(38)25-20(2)35-36-21(25)3)37-30(41)32(4,5)44-31(37)42/h16-17,19-20,25-26,35H,6-15,18H2,1-5H3,(H,34,39). The Morgan fingerprint density at radius 2 is 1.68 bits per heavy atom. The third kappa shape index (κ3) is 8.80. The minimum Gasteiger partial charge on any atom is -0.462 e. The Morgan fingerprint density at radius 1 is 1.07 bits per heavy atom. The van der Waals surface area contributed by atoms with Crippen molar-refractivity contribution >= 4 is 52.7 Å². The zero-order chi connectivity index (χ0) is 32.4. The summed E-state index contributed by atoms with van der Waals surface area (Å²) in [6, 6.07) is 1.89. The van der Waals surface area contributed by atoms with Gasteiger partial charge in [-0.15, -0.1) is 0 Å². The SMILES string of the molecule is CCCCCCCCCCCCOC(=O)c1ccc(Cl)c(NC(=O)C(C(=O)C2C(C)=NNC2C)N2C(=O)OC(C)(C)C2=O)c1. The highest BCUT2D eigenvalue weighted by molar-refractivity contribution is 6.34.